The Morgan fingerprint density at radius 3 is 2.30 bits per heavy atom. The molecule has 0 heterocycles. The zero-order valence-corrected chi connectivity index (χ0v) is 12.6. The quantitative estimate of drug-likeness (QED) is 0.435. The first kappa shape index (κ1) is 18.2. The summed E-state index contributed by atoms with van der Waals surface area (Å²) in [6.45, 7) is 4.65. The third-order valence-electron chi connectivity index (χ3n) is 2.65. The van der Waals surface area contributed by atoms with E-state index >= 15 is 0 Å². The molecular formula is C16H27N3O. The van der Waals surface area contributed by atoms with Gasteiger partial charge < -0.3 is 11.5 Å². The standard InChI is InChI=1S/C14H21N3O.C2H6/c15-14(16)17-10-6-2-5-9-13(18)11-12-7-3-1-4-8-12;1-2/h1,3-4,7-8H,2,5-6,9-11H2,(H4,15,16,17);1-2H3. The van der Waals surface area contributed by atoms with Crippen LogP contribution in [0.15, 0.2) is 35.3 Å². The fourth-order valence-corrected chi connectivity index (χ4v) is 1.73. The van der Waals surface area contributed by atoms with Crippen LogP contribution >= 0.6 is 0 Å². The molecule has 0 aliphatic heterocycles. The Balaban J connectivity index is 0.00000172. The molecule has 0 amide bonds. The van der Waals surface area contributed by atoms with Gasteiger partial charge in [0.05, 0.1) is 0 Å². The predicted molar refractivity (Wildman–Crippen MR) is 85.6 cm³/mol. The summed E-state index contributed by atoms with van der Waals surface area (Å²) in [6, 6.07) is 9.83. The molecule has 0 fully saturated rings. The number of carbonyl (C=O) groups excluding carboxylic acids is 1. The number of Topliss-reactive ketones (excluding diaryl/α,β-unsaturated/α-hetero) is 1. The number of aliphatic imine (C=N–C) groups is 1. The maximum atomic E-state index is 11.7. The SMILES string of the molecule is CC.NC(N)=NCCCCCC(=O)Cc1ccccc1. The average molecular weight is 277 g/mol. The van der Waals surface area contributed by atoms with Gasteiger partial charge >= 0.3 is 0 Å². The average Bonchev–Trinajstić information content (AvgIpc) is 2.45. The van der Waals surface area contributed by atoms with Gasteiger partial charge in [-0.25, -0.2) is 0 Å². The minimum Gasteiger partial charge on any atom is -0.370 e. The molecule has 0 radical (unpaired) electrons. The molecule has 4 heteroatoms. The Morgan fingerprint density at radius 1 is 1.05 bits per heavy atom. The molecule has 0 spiro atoms. The van der Waals surface area contributed by atoms with E-state index in [9.17, 15) is 4.79 Å². The van der Waals surface area contributed by atoms with E-state index in [4.69, 9.17) is 11.5 Å². The highest BCUT2D eigenvalue weighted by molar-refractivity contribution is 5.80. The first-order chi connectivity index (χ1) is 9.68. The fraction of sp³-hybridized carbons (Fsp3) is 0.500. The summed E-state index contributed by atoms with van der Waals surface area (Å²) in [6.07, 6.45) is 3.99. The number of hydrogen-bond acceptors (Lipinski definition) is 2. The van der Waals surface area contributed by atoms with Crippen molar-refractivity contribution < 1.29 is 4.79 Å². The number of carbonyl (C=O) groups is 1. The van der Waals surface area contributed by atoms with Crippen LogP contribution in [0.5, 0.6) is 0 Å². The van der Waals surface area contributed by atoms with E-state index in [1.165, 1.54) is 0 Å². The van der Waals surface area contributed by atoms with Crippen LogP contribution in [0.25, 0.3) is 0 Å². The zero-order chi connectivity index (χ0) is 15.2. The molecule has 1 aromatic carbocycles. The number of hydrogen-bond donors (Lipinski definition) is 2. The molecule has 0 aliphatic carbocycles. The van der Waals surface area contributed by atoms with Crippen LogP contribution in [0.2, 0.25) is 0 Å². The van der Waals surface area contributed by atoms with Gasteiger partial charge in [-0.1, -0.05) is 50.6 Å². The molecule has 1 rings (SSSR count). The van der Waals surface area contributed by atoms with Crippen molar-refractivity contribution in [1.82, 2.24) is 0 Å². The minimum atomic E-state index is 0.134. The van der Waals surface area contributed by atoms with Crippen LogP contribution in [-0.4, -0.2) is 18.3 Å². The highest BCUT2D eigenvalue weighted by Crippen LogP contribution is 2.06. The summed E-state index contributed by atoms with van der Waals surface area (Å²) in [5, 5.41) is 0. The smallest absolute Gasteiger partial charge is 0.185 e. The van der Waals surface area contributed by atoms with E-state index in [0.717, 1.165) is 24.8 Å². The fourth-order valence-electron chi connectivity index (χ4n) is 1.73. The lowest BCUT2D eigenvalue weighted by Crippen LogP contribution is -2.22. The van der Waals surface area contributed by atoms with Crippen molar-refractivity contribution in [1.29, 1.82) is 0 Å². The van der Waals surface area contributed by atoms with Crippen LogP contribution in [0.3, 0.4) is 0 Å². The molecule has 0 aromatic heterocycles. The monoisotopic (exact) mass is 277 g/mol. The van der Waals surface area contributed by atoms with Gasteiger partial charge in [0.2, 0.25) is 0 Å². The van der Waals surface area contributed by atoms with Crippen LogP contribution in [0, 0.1) is 0 Å². The van der Waals surface area contributed by atoms with E-state index in [2.05, 4.69) is 4.99 Å². The van der Waals surface area contributed by atoms with Gasteiger partial charge in [-0.05, 0) is 18.4 Å². The van der Waals surface area contributed by atoms with E-state index in [0.29, 0.717) is 25.2 Å². The second kappa shape index (κ2) is 12.2. The summed E-state index contributed by atoms with van der Waals surface area (Å²) in [5.74, 6) is 0.429. The van der Waals surface area contributed by atoms with Crippen LogP contribution < -0.4 is 11.5 Å². The molecule has 0 saturated heterocycles. The molecule has 20 heavy (non-hydrogen) atoms. The van der Waals surface area contributed by atoms with Crippen molar-refractivity contribution in [2.24, 2.45) is 16.5 Å². The number of unbranched alkanes of at least 4 members (excludes halogenated alkanes) is 2. The molecule has 112 valence electrons. The van der Waals surface area contributed by atoms with Crippen molar-refractivity contribution in [3.63, 3.8) is 0 Å². The number of rotatable bonds is 8. The molecule has 1 aromatic rings. The molecule has 4 nitrogen and oxygen atoms in total. The summed E-state index contributed by atoms with van der Waals surface area (Å²) < 4.78 is 0. The van der Waals surface area contributed by atoms with Gasteiger partial charge in [0.1, 0.15) is 5.78 Å². The lowest BCUT2D eigenvalue weighted by molar-refractivity contribution is -0.118. The third kappa shape index (κ3) is 10.1. The Hall–Kier alpha value is -1.84. The van der Waals surface area contributed by atoms with Crippen LogP contribution in [-0.2, 0) is 11.2 Å². The largest absolute Gasteiger partial charge is 0.370 e. The van der Waals surface area contributed by atoms with E-state index in [1.807, 2.05) is 44.2 Å². The lowest BCUT2D eigenvalue weighted by Gasteiger charge is -2.01. The van der Waals surface area contributed by atoms with Crippen molar-refractivity contribution in [3.05, 3.63) is 35.9 Å². The first-order valence-electron chi connectivity index (χ1n) is 7.29. The Morgan fingerprint density at radius 2 is 1.70 bits per heavy atom. The second-order valence-electron chi connectivity index (χ2n) is 4.32. The molecule has 0 atom stereocenters. The molecule has 0 aliphatic rings. The second-order valence-corrected chi connectivity index (χ2v) is 4.32. The van der Waals surface area contributed by atoms with E-state index in [-0.39, 0.29) is 5.96 Å². The highest BCUT2D eigenvalue weighted by Gasteiger charge is 2.02. The van der Waals surface area contributed by atoms with Crippen LogP contribution in [0.1, 0.15) is 45.1 Å². The maximum absolute atomic E-state index is 11.7. The Kier molecular flexibility index (Phi) is 11.1. The molecule has 0 bridgehead atoms. The number of nitrogens with two attached hydrogens (primary N) is 2. The minimum absolute atomic E-state index is 0.134. The summed E-state index contributed by atoms with van der Waals surface area (Å²) in [5.41, 5.74) is 11.5. The van der Waals surface area contributed by atoms with Gasteiger partial charge in [0, 0.05) is 19.4 Å². The third-order valence-corrected chi connectivity index (χ3v) is 2.65. The first-order valence-corrected chi connectivity index (χ1v) is 7.29. The van der Waals surface area contributed by atoms with Crippen molar-refractivity contribution in [2.75, 3.05) is 6.54 Å². The van der Waals surface area contributed by atoms with Gasteiger partial charge in [-0.3, -0.25) is 9.79 Å². The highest BCUT2D eigenvalue weighted by atomic mass is 16.1. The normalized spacial score (nSPS) is 9.30. The number of ketones is 1. The van der Waals surface area contributed by atoms with Gasteiger partial charge in [0.25, 0.3) is 0 Å². The predicted octanol–water partition coefficient (Wildman–Crippen LogP) is 2.66. The van der Waals surface area contributed by atoms with Crippen molar-refractivity contribution in [2.45, 2.75) is 46.0 Å². The van der Waals surface area contributed by atoms with E-state index < -0.39 is 0 Å². The topological polar surface area (TPSA) is 81.5 Å². The summed E-state index contributed by atoms with van der Waals surface area (Å²) in [4.78, 5) is 15.6. The van der Waals surface area contributed by atoms with E-state index in [1.54, 1.807) is 0 Å². The zero-order valence-electron chi connectivity index (χ0n) is 12.6. The number of guanidine groups is 1. The van der Waals surface area contributed by atoms with Gasteiger partial charge in [-0.15, -0.1) is 0 Å². The Bertz CT molecular complexity index is 384. The van der Waals surface area contributed by atoms with Gasteiger partial charge in [0.15, 0.2) is 5.96 Å². The summed E-state index contributed by atoms with van der Waals surface area (Å²) in [7, 11) is 0. The lowest BCUT2D eigenvalue weighted by atomic mass is 10.0. The molecule has 0 saturated carbocycles. The Labute approximate surface area is 122 Å². The van der Waals surface area contributed by atoms with Crippen molar-refractivity contribution >= 4 is 11.7 Å². The number of benzene rings is 1. The van der Waals surface area contributed by atoms with Crippen molar-refractivity contribution in [3.8, 4) is 0 Å². The van der Waals surface area contributed by atoms with Crippen LogP contribution in [0.4, 0.5) is 0 Å². The molecular weight excluding hydrogens is 250 g/mol. The summed E-state index contributed by atoms with van der Waals surface area (Å²) >= 11 is 0. The maximum Gasteiger partial charge on any atom is 0.185 e. The number of nitrogens with zero attached hydrogens (tertiary/aromatic N) is 1. The molecule has 4 N–H and O–H groups in total. The molecule has 0 unspecified atom stereocenters. The van der Waals surface area contributed by atoms with Gasteiger partial charge in [-0.2, -0.15) is 0 Å².